The number of benzene rings is 3. The zero-order chi connectivity index (χ0) is 55.3. The summed E-state index contributed by atoms with van der Waals surface area (Å²) in [6.07, 6.45) is 12.9. The summed E-state index contributed by atoms with van der Waals surface area (Å²) in [6, 6.07) is 24.6. The van der Waals surface area contributed by atoms with E-state index in [1.807, 2.05) is 86.6 Å². The van der Waals surface area contributed by atoms with Crippen molar-refractivity contribution in [1.82, 2.24) is 29.3 Å². The van der Waals surface area contributed by atoms with Gasteiger partial charge in [0.15, 0.2) is 21.5 Å². The molecule has 0 amide bonds. The predicted octanol–water partition coefficient (Wildman–Crippen LogP) is 14.4. The molecule has 0 aliphatic carbocycles. The number of rotatable bonds is 21. The fourth-order valence-corrected chi connectivity index (χ4v) is 8.65. The molecule has 0 unspecified atom stereocenters. The zero-order valence-electron chi connectivity index (χ0n) is 45.6. The van der Waals surface area contributed by atoms with Gasteiger partial charge in [-0.1, -0.05) is 134 Å². The van der Waals surface area contributed by atoms with E-state index >= 15 is 0 Å². The Kier molecular flexibility index (Phi) is 25.1. The van der Waals surface area contributed by atoms with Crippen molar-refractivity contribution < 1.29 is 18.6 Å². The lowest BCUT2D eigenvalue weighted by Crippen LogP contribution is -2.36. The van der Waals surface area contributed by atoms with Crippen LogP contribution in [0.2, 0.25) is 15.1 Å². The molecule has 408 valence electrons. The Morgan fingerprint density at radius 2 is 0.867 bits per heavy atom. The van der Waals surface area contributed by atoms with Gasteiger partial charge in [0.05, 0.1) is 53.4 Å². The van der Waals surface area contributed by atoms with Crippen LogP contribution in [-0.2, 0) is 59.8 Å². The number of aryl methyl sites for hydroxylation is 2. The maximum atomic E-state index is 12.3. The number of ether oxygens (including phenoxy) is 3. The third-order valence-electron chi connectivity index (χ3n) is 11.4. The molecule has 3 heterocycles. The topological polar surface area (TPSA) is 132 Å². The Labute approximate surface area is 462 Å². The van der Waals surface area contributed by atoms with Crippen LogP contribution >= 0.6 is 46.6 Å². The second kappa shape index (κ2) is 30.1. The number of aromatic nitrogens is 6. The lowest BCUT2D eigenvalue weighted by Gasteiger charge is -2.21. The van der Waals surface area contributed by atoms with Crippen LogP contribution in [-0.4, -0.2) is 42.6 Å². The lowest BCUT2D eigenvalue weighted by molar-refractivity contribution is 0.121. The molecule has 0 fully saturated rings. The normalized spacial score (nSPS) is 11.6. The number of halogens is 4. The van der Waals surface area contributed by atoms with Crippen molar-refractivity contribution in [3.63, 3.8) is 0 Å². The summed E-state index contributed by atoms with van der Waals surface area (Å²) in [5.74, 6) is 1.33. The van der Waals surface area contributed by atoms with E-state index in [9.17, 15) is 18.8 Å². The molecule has 6 aromatic rings. The molecule has 6 rings (SSSR count). The minimum Gasteiger partial charge on any atom is -0.485 e. The van der Waals surface area contributed by atoms with Crippen molar-refractivity contribution in [2.75, 3.05) is 13.3 Å². The van der Waals surface area contributed by atoms with Crippen LogP contribution in [0.4, 0.5) is 4.39 Å². The largest absolute Gasteiger partial charge is 0.485 e. The van der Waals surface area contributed by atoms with Crippen molar-refractivity contribution in [2.45, 2.75) is 175 Å². The van der Waals surface area contributed by atoms with Crippen molar-refractivity contribution in [3.05, 3.63) is 171 Å². The molecule has 0 radical (unpaired) electrons. The number of nitrogens with zero attached hydrogens (tertiary/aromatic N) is 6. The van der Waals surface area contributed by atoms with Gasteiger partial charge in [-0.15, -0.1) is 11.8 Å². The summed E-state index contributed by atoms with van der Waals surface area (Å²) in [6.45, 7) is 23.2. The Hall–Kier alpha value is -4.99. The van der Waals surface area contributed by atoms with Gasteiger partial charge in [-0.3, -0.25) is 18.8 Å². The summed E-state index contributed by atoms with van der Waals surface area (Å²) in [5.41, 5.74) is 4.63. The van der Waals surface area contributed by atoms with E-state index < -0.39 is 16.6 Å². The smallest absolute Gasteiger partial charge is 0.289 e. The van der Waals surface area contributed by atoms with Crippen LogP contribution in [0.1, 0.15) is 148 Å². The molecule has 3 aromatic heterocycles. The molecule has 0 atom stereocenters. The van der Waals surface area contributed by atoms with Gasteiger partial charge in [-0.2, -0.15) is 15.3 Å². The van der Waals surface area contributed by atoms with Crippen LogP contribution in [0, 0.1) is 0 Å². The third kappa shape index (κ3) is 20.2. The SMILES string of the molecule is CC(C)(C)n1ncc(SCc2ccc(CCCC[18F])cc2)c(Cl)c1=O.CCCCCc1ccc(COc2cnn(C(C)(C)C)c(=O)c2Cl)cc1.CCCOCc1ccc(COc2cnn(C(C)(C)C)c(=O)c2Cl)cc1. The fraction of sp³-hybridized carbons (Fsp3) is 0.483. The highest BCUT2D eigenvalue weighted by Gasteiger charge is 2.22. The van der Waals surface area contributed by atoms with Gasteiger partial charge in [0.2, 0.25) is 0 Å². The van der Waals surface area contributed by atoms with E-state index in [1.165, 1.54) is 68.6 Å². The van der Waals surface area contributed by atoms with E-state index in [-0.39, 0.29) is 38.4 Å². The Bertz CT molecular complexity index is 2560. The fourth-order valence-electron chi connectivity index (χ4n) is 7.14. The van der Waals surface area contributed by atoms with E-state index in [0.717, 1.165) is 54.5 Å². The molecular formula is C58H76Cl3FN6O6S. The van der Waals surface area contributed by atoms with Crippen molar-refractivity contribution in [2.24, 2.45) is 0 Å². The number of unbranched alkanes of at least 4 members (excludes halogenated alkanes) is 3. The molecule has 3 aromatic carbocycles. The van der Waals surface area contributed by atoms with Crippen LogP contribution < -0.4 is 26.2 Å². The summed E-state index contributed by atoms with van der Waals surface area (Å²) in [4.78, 5) is 37.6. The maximum absolute atomic E-state index is 12.3. The molecule has 0 saturated heterocycles. The van der Waals surface area contributed by atoms with Crippen LogP contribution in [0.3, 0.4) is 0 Å². The average Bonchev–Trinajstić information content (AvgIpc) is 3.36. The van der Waals surface area contributed by atoms with Gasteiger partial charge in [0, 0.05) is 12.4 Å². The van der Waals surface area contributed by atoms with E-state index in [4.69, 9.17) is 49.0 Å². The second-order valence-electron chi connectivity index (χ2n) is 21.1. The van der Waals surface area contributed by atoms with Crippen LogP contribution in [0.5, 0.6) is 11.5 Å². The summed E-state index contributed by atoms with van der Waals surface area (Å²) >= 11 is 20.1. The Morgan fingerprint density at radius 1 is 0.493 bits per heavy atom. The monoisotopic (exact) mass is 1110 g/mol. The van der Waals surface area contributed by atoms with Gasteiger partial charge in [0.1, 0.15) is 18.2 Å². The number of thioether (sulfide) groups is 1. The molecule has 17 heteroatoms. The first-order valence-electron chi connectivity index (χ1n) is 25.6. The summed E-state index contributed by atoms with van der Waals surface area (Å²) in [5, 5.41) is 12.9. The molecule has 0 saturated carbocycles. The maximum Gasteiger partial charge on any atom is 0.289 e. The number of hydrogen-bond donors (Lipinski definition) is 0. The van der Waals surface area contributed by atoms with Gasteiger partial charge in [-0.05, 0) is 134 Å². The second-order valence-corrected chi connectivity index (χ2v) is 23.3. The molecule has 0 spiro atoms. The third-order valence-corrected chi connectivity index (χ3v) is 13.6. The van der Waals surface area contributed by atoms with Crippen molar-refractivity contribution >= 4 is 46.6 Å². The van der Waals surface area contributed by atoms with E-state index in [1.54, 1.807) is 6.20 Å². The Morgan fingerprint density at radius 3 is 1.27 bits per heavy atom. The highest BCUT2D eigenvalue weighted by Crippen LogP contribution is 2.28. The number of alkyl halides is 1. The average molecular weight is 1110 g/mol. The summed E-state index contributed by atoms with van der Waals surface area (Å²) < 4.78 is 33.1. The zero-order valence-corrected chi connectivity index (χ0v) is 48.7. The highest BCUT2D eigenvalue weighted by molar-refractivity contribution is 7.98. The minimum atomic E-state index is -0.436. The molecule has 0 bridgehead atoms. The summed E-state index contributed by atoms with van der Waals surface area (Å²) in [7, 11) is 0. The lowest BCUT2D eigenvalue weighted by atomic mass is 10.1. The van der Waals surface area contributed by atoms with Crippen molar-refractivity contribution in [1.29, 1.82) is 0 Å². The quantitative estimate of drug-likeness (QED) is 0.0507. The first-order valence-corrected chi connectivity index (χ1v) is 27.7. The van der Waals surface area contributed by atoms with E-state index in [0.29, 0.717) is 48.4 Å². The standard InChI is InChI=1S/C20H27ClN2O2.C19H24ClFN2OS.C19H25ClN2O3/c1-5-6-7-8-15-9-11-16(12-10-15)14-25-17-13-22-23(20(2,3)4)19(24)18(17)21;1-19(2,3)23-18(24)17(20)16(12-22-23)25-13-15-9-7-14(8-10-15)6-4-5-11-21;1-5-10-24-12-14-6-8-15(9-7-14)13-25-16-11-21-22(19(2,3)4)18(23)17(16)20/h9-13H,5-8,14H2,1-4H3;7-10,12H,4-6,11,13H2,1-3H3;6-9,11H,5,10,12-13H2,1-4H3/i;21-1;. The first-order chi connectivity index (χ1) is 35.5. The van der Waals surface area contributed by atoms with Crippen LogP contribution in [0.15, 0.2) is 111 Å². The number of hydrogen-bond acceptors (Lipinski definition) is 10. The predicted molar refractivity (Wildman–Crippen MR) is 305 cm³/mol. The first kappa shape index (κ1) is 62.5. The molecule has 0 aliphatic heterocycles. The molecular weight excluding hydrogens is 1030 g/mol. The van der Waals surface area contributed by atoms with Crippen molar-refractivity contribution in [3.8, 4) is 11.5 Å². The highest BCUT2D eigenvalue weighted by atomic mass is 35.5. The molecule has 12 nitrogen and oxygen atoms in total. The van der Waals surface area contributed by atoms with E-state index in [2.05, 4.69) is 77.7 Å². The van der Waals surface area contributed by atoms with Gasteiger partial charge >= 0.3 is 0 Å². The van der Waals surface area contributed by atoms with Gasteiger partial charge in [-0.25, -0.2) is 14.0 Å². The minimum absolute atomic E-state index is 0.0505. The Balaban J connectivity index is 0.000000243. The van der Waals surface area contributed by atoms with Gasteiger partial charge < -0.3 is 14.2 Å². The van der Waals surface area contributed by atoms with Crippen LogP contribution in [0.25, 0.3) is 0 Å². The molecule has 0 aliphatic rings. The van der Waals surface area contributed by atoms with Gasteiger partial charge in [0.25, 0.3) is 16.7 Å². The molecule has 75 heavy (non-hydrogen) atoms. The molecule has 0 N–H and O–H groups in total.